The largest absolute Gasteiger partial charge is 0.338 e. The van der Waals surface area contributed by atoms with Crippen molar-refractivity contribution in [1.29, 1.82) is 0 Å². The summed E-state index contributed by atoms with van der Waals surface area (Å²) < 4.78 is 5.08. The molecule has 0 aliphatic carbocycles. The maximum absolute atomic E-state index is 11.9. The highest BCUT2D eigenvalue weighted by Gasteiger charge is 2.21. The number of nitrogens with one attached hydrogen (secondary N) is 2. The zero-order valence-electron chi connectivity index (χ0n) is 10.3. The van der Waals surface area contributed by atoms with Gasteiger partial charge in [-0.3, -0.25) is 10.1 Å². The van der Waals surface area contributed by atoms with Gasteiger partial charge in [-0.25, -0.2) is 0 Å². The Kier molecular flexibility index (Phi) is 3.78. The van der Waals surface area contributed by atoms with E-state index in [2.05, 4.69) is 15.8 Å². The Hall–Kier alpha value is -1.36. The van der Waals surface area contributed by atoms with Crippen LogP contribution >= 0.6 is 0 Å². The van der Waals surface area contributed by atoms with Gasteiger partial charge in [-0.2, -0.15) is 0 Å². The average molecular weight is 237 g/mol. The summed E-state index contributed by atoms with van der Waals surface area (Å²) in [5.41, 5.74) is 0.858. The van der Waals surface area contributed by atoms with E-state index in [4.69, 9.17) is 4.52 Å². The summed E-state index contributed by atoms with van der Waals surface area (Å²) in [6.45, 7) is 4.98. The lowest BCUT2D eigenvalue weighted by atomic mass is 10.0. The van der Waals surface area contributed by atoms with Crippen molar-refractivity contribution in [3.8, 4) is 0 Å². The fourth-order valence-corrected chi connectivity index (χ4v) is 1.90. The third-order valence-corrected chi connectivity index (χ3v) is 2.99. The lowest BCUT2D eigenvalue weighted by Gasteiger charge is -2.21. The first-order valence-corrected chi connectivity index (χ1v) is 6.17. The zero-order valence-corrected chi connectivity index (χ0v) is 10.3. The van der Waals surface area contributed by atoms with Gasteiger partial charge in [-0.05, 0) is 25.3 Å². The minimum Gasteiger partial charge on any atom is -0.338 e. The molecule has 2 N–H and O–H groups in total. The molecule has 0 radical (unpaired) electrons. The van der Waals surface area contributed by atoms with Crippen LogP contribution in [-0.2, 0) is 4.79 Å². The quantitative estimate of drug-likeness (QED) is 0.842. The summed E-state index contributed by atoms with van der Waals surface area (Å²) in [7, 11) is 0. The number of aromatic nitrogens is 1. The number of carbonyl (C=O) groups is 1. The first-order valence-electron chi connectivity index (χ1n) is 6.17. The number of rotatable bonds is 3. The Bertz CT molecular complexity index is 381. The predicted octanol–water partition coefficient (Wildman–Crippen LogP) is 1.88. The normalized spacial score (nSPS) is 20.5. The first-order chi connectivity index (χ1) is 8.16. The molecule has 2 heterocycles. The topological polar surface area (TPSA) is 67.2 Å². The van der Waals surface area contributed by atoms with Crippen LogP contribution in [0.4, 0.5) is 5.88 Å². The minimum atomic E-state index is -0.101. The van der Waals surface area contributed by atoms with Gasteiger partial charge in [-0.15, -0.1) is 0 Å². The molecule has 5 nitrogen and oxygen atoms in total. The van der Waals surface area contributed by atoms with Gasteiger partial charge in [0.2, 0.25) is 11.8 Å². The molecule has 1 aromatic heterocycles. The second-order valence-corrected chi connectivity index (χ2v) is 4.76. The molecule has 1 aliphatic heterocycles. The van der Waals surface area contributed by atoms with E-state index < -0.39 is 0 Å². The molecule has 0 aromatic carbocycles. The lowest BCUT2D eigenvalue weighted by Crippen LogP contribution is -2.43. The number of amides is 1. The molecular weight excluding hydrogens is 218 g/mol. The van der Waals surface area contributed by atoms with Crippen molar-refractivity contribution < 1.29 is 9.32 Å². The molecule has 1 saturated heterocycles. The van der Waals surface area contributed by atoms with E-state index in [1.807, 2.05) is 13.8 Å². The van der Waals surface area contributed by atoms with Crippen LogP contribution in [0.5, 0.6) is 0 Å². The van der Waals surface area contributed by atoms with Gasteiger partial charge >= 0.3 is 0 Å². The first kappa shape index (κ1) is 12.1. The number of hydrogen-bond acceptors (Lipinski definition) is 4. The molecule has 0 saturated carbocycles. The third-order valence-electron chi connectivity index (χ3n) is 2.99. The van der Waals surface area contributed by atoms with Gasteiger partial charge in [0.05, 0.1) is 11.7 Å². The summed E-state index contributed by atoms with van der Waals surface area (Å²) in [4.78, 5) is 11.9. The Balaban J connectivity index is 1.92. The van der Waals surface area contributed by atoms with Crippen molar-refractivity contribution in [2.45, 2.75) is 45.1 Å². The fourth-order valence-electron chi connectivity index (χ4n) is 1.90. The highest BCUT2D eigenvalue weighted by Crippen LogP contribution is 2.18. The highest BCUT2D eigenvalue weighted by molar-refractivity contribution is 5.93. The maximum atomic E-state index is 11.9. The van der Waals surface area contributed by atoms with E-state index in [9.17, 15) is 4.79 Å². The van der Waals surface area contributed by atoms with E-state index in [-0.39, 0.29) is 11.9 Å². The van der Waals surface area contributed by atoms with Crippen LogP contribution in [0.1, 0.15) is 44.7 Å². The van der Waals surface area contributed by atoms with E-state index in [0.29, 0.717) is 11.8 Å². The molecule has 1 amide bonds. The average Bonchev–Trinajstić information content (AvgIpc) is 2.79. The van der Waals surface area contributed by atoms with Crippen LogP contribution in [-0.4, -0.2) is 23.7 Å². The van der Waals surface area contributed by atoms with Crippen molar-refractivity contribution in [2.75, 3.05) is 11.9 Å². The molecular formula is C12H19N3O2. The SMILES string of the molecule is CC(C)c1cc(NC(=O)C2CCCCN2)on1. The van der Waals surface area contributed by atoms with Crippen LogP contribution in [0.15, 0.2) is 10.6 Å². The maximum Gasteiger partial charge on any atom is 0.243 e. The van der Waals surface area contributed by atoms with Crippen LogP contribution in [0.2, 0.25) is 0 Å². The predicted molar refractivity (Wildman–Crippen MR) is 64.9 cm³/mol. The summed E-state index contributed by atoms with van der Waals surface area (Å²) in [6, 6.07) is 1.68. The van der Waals surface area contributed by atoms with E-state index in [1.54, 1.807) is 6.07 Å². The fraction of sp³-hybridized carbons (Fsp3) is 0.667. The number of nitrogens with zero attached hydrogens (tertiary/aromatic N) is 1. The Morgan fingerprint density at radius 3 is 3.00 bits per heavy atom. The number of hydrogen-bond donors (Lipinski definition) is 2. The van der Waals surface area contributed by atoms with Crippen molar-refractivity contribution in [1.82, 2.24) is 10.5 Å². The molecule has 0 bridgehead atoms. The number of anilines is 1. The van der Waals surface area contributed by atoms with Crippen LogP contribution in [0, 0.1) is 0 Å². The molecule has 94 valence electrons. The molecule has 1 atom stereocenters. The Labute approximate surface area is 101 Å². The van der Waals surface area contributed by atoms with Crippen LogP contribution in [0.3, 0.4) is 0 Å². The second-order valence-electron chi connectivity index (χ2n) is 4.76. The molecule has 1 unspecified atom stereocenters. The smallest absolute Gasteiger partial charge is 0.243 e. The van der Waals surface area contributed by atoms with Crippen molar-refractivity contribution >= 4 is 11.8 Å². The monoisotopic (exact) mass is 237 g/mol. The molecule has 2 rings (SSSR count). The lowest BCUT2D eigenvalue weighted by molar-refractivity contribution is -0.118. The molecule has 5 heteroatoms. The minimum absolute atomic E-state index is 0.0313. The number of carbonyl (C=O) groups excluding carboxylic acids is 1. The van der Waals surface area contributed by atoms with E-state index in [0.717, 1.165) is 31.5 Å². The molecule has 1 aliphatic rings. The van der Waals surface area contributed by atoms with Crippen molar-refractivity contribution in [3.05, 3.63) is 11.8 Å². The van der Waals surface area contributed by atoms with Gasteiger partial charge in [0.1, 0.15) is 0 Å². The zero-order chi connectivity index (χ0) is 12.3. The molecule has 1 fully saturated rings. The van der Waals surface area contributed by atoms with Crippen molar-refractivity contribution in [2.24, 2.45) is 0 Å². The second kappa shape index (κ2) is 5.31. The van der Waals surface area contributed by atoms with E-state index in [1.165, 1.54) is 0 Å². The van der Waals surface area contributed by atoms with Gasteiger partial charge < -0.3 is 9.84 Å². The van der Waals surface area contributed by atoms with Crippen LogP contribution in [0.25, 0.3) is 0 Å². The van der Waals surface area contributed by atoms with Gasteiger partial charge in [0, 0.05) is 6.07 Å². The van der Waals surface area contributed by atoms with Crippen molar-refractivity contribution in [3.63, 3.8) is 0 Å². The molecule has 17 heavy (non-hydrogen) atoms. The van der Waals surface area contributed by atoms with E-state index >= 15 is 0 Å². The number of piperidine rings is 1. The summed E-state index contributed by atoms with van der Waals surface area (Å²) in [5.74, 6) is 0.708. The molecule has 1 aromatic rings. The van der Waals surface area contributed by atoms with Gasteiger partial charge in [-0.1, -0.05) is 25.4 Å². The third kappa shape index (κ3) is 3.06. The highest BCUT2D eigenvalue weighted by atomic mass is 16.5. The van der Waals surface area contributed by atoms with Gasteiger partial charge in [0.15, 0.2) is 0 Å². The van der Waals surface area contributed by atoms with Gasteiger partial charge in [0.25, 0.3) is 0 Å². The summed E-state index contributed by atoms with van der Waals surface area (Å²) in [5, 5.41) is 9.85. The molecule has 0 spiro atoms. The summed E-state index contributed by atoms with van der Waals surface area (Å²) in [6.07, 6.45) is 3.12. The standard InChI is InChI=1S/C12H19N3O2/c1-8(2)10-7-11(17-15-10)14-12(16)9-5-3-4-6-13-9/h7-9,13H,3-6H2,1-2H3,(H,14,16). The van der Waals surface area contributed by atoms with Crippen LogP contribution < -0.4 is 10.6 Å². The Morgan fingerprint density at radius 1 is 1.59 bits per heavy atom. The summed E-state index contributed by atoms with van der Waals surface area (Å²) >= 11 is 0. The Morgan fingerprint density at radius 2 is 2.41 bits per heavy atom.